The Morgan fingerprint density at radius 3 is 2.32 bits per heavy atom. The van der Waals surface area contributed by atoms with E-state index in [9.17, 15) is 18.0 Å². The number of aromatic nitrogens is 1. The highest BCUT2D eigenvalue weighted by molar-refractivity contribution is 7.88. The first-order valence-electron chi connectivity index (χ1n) is 11.9. The summed E-state index contributed by atoms with van der Waals surface area (Å²) in [5.74, 6) is -1.36. The zero-order valence-corrected chi connectivity index (χ0v) is 21.3. The molecular weight excluding hydrogens is 506 g/mol. The van der Waals surface area contributed by atoms with Crippen molar-refractivity contribution in [3.05, 3.63) is 95.8 Å². The smallest absolute Gasteiger partial charge is 0.243 e. The summed E-state index contributed by atoms with van der Waals surface area (Å²) < 4.78 is 28.6. The molecule has 0 radical (unpaired) electrons. The Hall–Kier alpha value is -4.29. The zero-order valence-electron chi connectivity index (χ0n) is 20.5. The number of carbonyl (C=O) groups excluding carboxylic acids is 2. The lowest BCUT2D eigenvalue weighted by atomic mass is 10.1. The minimum atomic E-state index is -3.88. The molecule has 12 heteroatoms. The molecule has 1 aromatic heterocycles. The van der Waals surface area contributed by atoms with Gasteiger partial charge < -0.3 is 21.7 Å². The highest BCUT2D eigenvalue weighted by Gasteiger charge is 2.62. The van der Waals surface area contributed by atoms with Gasteiger partial charge in [-0.05, 0) is 29.7 Å². The topological polar surface area (TPSA) is 179 Å². The average Bonchev–Trinajstić information content (AvgIpc) is 3.58. The number of nitrogens with one attached hydrogen (secondary N) is 5. The molecule has 1 saturated carbocycles. The van der Waals surface area contributed by atoms with Crippen LogP contribution in [0.25, 0.3) is 0 Å². The van der Waals surface area contributed by atoms with Gasteiger partial charge in [-0.3, -0.25) is 20.0 Å². The summed E-state index contributed by atoms with van der Waals surface area (Å²) in [6, 6.07) is 18.4. The van der Waals surface area contributed by atoms with Gasteiger partial charge in [0.1, 0.15) is 11.4 Å². The number of amidine groups is 1. The summed E-state index contributed by atoms with van der Waals surface area (Å²) in [6.07, 6.45) is 3.38. The molecule has 7 N–H and O–H groups in total. The fourth-order valence-corrected chi connectivity index (χ4v) is 5.56. The summed E-state index contributed by atoms with van der Waals surface area (Å²) in [6.45, 7) is -0.109. The number of nitrogens with zero attached hydrogens (tertiary/aromatic N) is 1. The second-order valence-corrected chi connectivity index (χ2v) is 10.7. The van der Waals surface area contributed by atoms with Gasteiger partial charge >= 0.3 is 0 Å². The van der Waals surface area contributed by atoms with Crippen LogP contribution in [0.15, 0.2) is 79.1 Å². The van der Waals surface area contributed by atoms with E-state index >= 15 is 0 Å². The molecule has 3 aromatic rings. The van der Waals surface area contributed by atoms with Crippen LogP contribution in [0.4, 0.5) is 5.69 Å². The Morgan fingerprint density at radius 2 is 1.66 bits per heavy atom. The molecule has 1 fully saturated rings. The first-order chi connectivity index (χ1) is 18.2. The van der Waals surface area contributed by atoms with Crippen molar-refractivity contribution in [1.82, 2.24) is 20.3 Å². The summed E-state index contributed by atoms with van der Waals surface area (Å²) in [5, 5.41) is 15.9. The summed E-state index contributed by atoms with van der Waals surface area (Å²) in [5.41, 5.74) is 6.65. The molecule has 1 aliphatic rings. The number of pyridine rings is 1. The SMILES string of the molecule is N=C(N)c1ccc(CNC(=O)CNC(=O)C2(NS(=O)(=O)Cc3ccccc3)CC2Nc2ccncc2)cc1. The molecule has 2 unspecified atom stereocenters. The quantitative estimate of drug-likeness (QED) is 0.147. The maximum absolute atomic E-state index is 13.2. The van der Waals surface area contributed by atoms with E-state index in [1.165, 1.54) is 0 Å². The van der Waals surface area contributed by atoms with Gasteiger partial charge in [-0.1, -0.05) is 54.6 Å². The fourth-order valence-electron chi connectivity index (χ4n) is 3.99. The minimum absolute atomic E-state index is 0.0478. The molecule has 198 valence electrons. The molecular formula is C26H29N7O4S. The molecule has 0 saturated heterocycles. The van der Waals surface area contributed by atoms with Crippen molar-refractivity contribution in [3.63, 3.8) is 0 Å². The lowest BCUT2D eigenvalue weighted by Crippen LogP contribution is -2.54. The number of carbonyl (C=O) groups is 2. The predicted octanol–water partition coefficient (Wildman–Crippen LogP) is 0.841. The van der Waals surface area contributed by atoms with Gasteiger partial charge in [0.2, 0.25) is 21.8 Å². The Morgan fingerprint density at radius 1 is 0.974 bits per heavy atom. The molecule has 38 heavy (non-hydrogen) atoms. The predicted molar refractivity (Wildman–Crippen MR) is 144 cm³/mol. The van der Waals surface area contributed by atoms with E-state index in [2.05, 4.69) is 25.7 Å². The van der Waals surface area contributed by atoms with Gasteiger partial charge in [-0.25, -0.2) is 8.42 Å². The number of sulfonamides is 1. The third-order valence-electron chi connectivity index (χ3n) is 6.09. The van der Waals surface area contributed by atoms with Gasteiger partial charge in [-0.2, -0.15) is 4.72 Å². The zero-order chi connectivity index (χ0) is 27.2. The number of hydrogen-bond acceptors (Lipinski definition) is 7. The number of hydrogen-bond donors (Lipinski definition) is 6. The van der Waals surface area contributed by atoms with E-state index < -0.39 is 33.4 Å². The molecule has 11 nitrogen and oxygen atoms in total. The van der Waals surface area contributed by atoms with Crippen molar-refractivity contribution < 1.29 is 18.0 Å². The lowest BCUT2D eigenvalue weighted by molar-refractivity contribution is -0.127. The highest BCUT2D eigenvalue weighted by Crippen LogP contribution is 2.40. The molecule has 1 aliphatic carbocycles. The summed E-state index contributed by atoms with van der Waals surface area (Å²) in [7, 11) is -3.88. The van der Waals surface area contributed by atoms with Gasteiger partial charge in [0.15, 0.2) is 0 Å². The number of anilines is 1. The highest BCUT2D eigenvalue weighted by atomic mass is 32.2. The number of amides is 2. The van der Waals surface area contributed by atoms with E-state index in [0.717, 1.165) is 5.56 Å². The summed E-state index contributed by atoms with van der Waals surface area (Å²) >= 11 is 0. The van der Waals surface area contributed by atoms with Crippen molar-refractivity contribution in [2.75, 3.05) is 11.9 Å². The third-order valence-corrected chi connectivity index (χ3v) is 7.48. The van der Waals surface area contributed by atoms with E-state index in [1.54, 1.807) is 79.1 Å². The van der Waals surface area contributed by atoms with Crippen LogP contribution in [0.1, 0.15) is 23.1 Å². The maximum atomic E-state index is 13.2. The molecule has 0 bridgehead atoms. The average molecular weight is 536 g/mol. The molecule has 2 aromatic carbocycles. The Kier molecular flexibility index (Phi) is 8.03. The number of nitrogen functional groups attached to an aromatic ring is 1. The van der Waals surface area contributed by atoms with E-state index in [1.807, 2.05) is 0 Å². The van der Waals surface area contributed by atoms with Crippen LogP contribution in [-0.2, 0) is 31.9 Å². The minimum Gasteiger partial charge on any atom is -0.384 e. The van der Waals surface area contributed by atoms with Crippen molar-refractivity contribution in [2.24, 2.45) is 5.73 Å². The Balaban J connectivity index is 1.38. The largest absolute Gasteiger partial charge is 0.384 e. The Labute approximate surface area is 220 Å². The van der Waals surface area contributed by atoms with E-state index in [-0.39, 0.29) is 31.1 Å². The third kappa shape index (κ3) is 6.93. The monoisotopic (exact) mass is 535 g/mol. The number of benzene rings is 2. The van der Waals surface area contributed by atoms with Gasteiger partial charge in [0.05, 0.1) is 18.3 Å². The van der Waals surface area contributed by atoms with Crippen LogP contribution in [0.5, 0.6) is 0 Å². The van der Waals surface area contributed by atoms with Gasteiger partial charge in [-0.15, -0.1) is 0 Å². The van der Waals surface area contributed by atoms with Crippen LogP contribution in [0.3, 0.4) is 0 Å². The normalized spacial score (nSPS) is 18.3. The van der Waals surface area contributed by atoms with Crippen LogP contribution < -0.4 is 26.4 Å². The maximum Gasteiger partial charge on any atom is 0.243 e. The molecule has 0 aliphatic heterocycles. The molecule has 2 atom stereocenters. The molecule has 4 rings (SSSR count). The van der Waals surface area contributed by atoms with Gasteiger partial charge in [0, 0.05) is 30.2 Å². The van der Waals surface area contributed by atoms with Crippen LogP contribution >= 0.6 is 0 Å². The van der Waals surface area contributed by atoms with Crippen LogP contribution in [0, 0.1) is 5.41 Å². The van der Waals surface area contributed by atoms with Crippen LogP contribution in [-0.4, -0.2) is 49.2 Å². The van der Waals surface area contributed by atoms with Crippen molar-refractivity contribution >= 4 is 33.4 Å². The molecule has 0 spiro atoms. The molecule has 2 amide bonds. The standard InChI is InChI=1S/C26H29N7O4S/c27-24(28)20-8-6-18(7-9-20)15-30-23(34)16-31-25(35)26(14-22(26)32-21-10-12-29-13-11-21)33-38(36,37)17-19-4-2-1-3-5-19/h1-13,22,33H,14-17H2,(H3,27,28)(H,29,32)(H,30,34)(H,31,35). The second kappa shape index (κ2) is 11.4. The first kappa shape index (κ1) is 26.8. The molecule has 1 heterocycles. The van der Waals surface area contributed by atoms with Crippen molar-refractivity contribution in [2.45, 2.75) is 30.3 Å². The fraction of sp³-hybridized carbons (Fsp3) is 0.231. The second-order valence-electron chi connectivity index (χ2n) is 9.03. The Bertz CT molecular complexity index is 1400. The lowest BCUT2D eigenvalue weighted by Gasteiger charge is -2.20. The van der Waals surface area contributed by atoms with E-state index in [4.69, 9.17) is 11.1 Å². The van der Waals surface area contributed by atoms with Gasteiger partial charge in [0.25, 0.3) is 0 Å². The van der Waals surface area contributed by atoms with Crippen LogP contribution in [0.2, 0.25) is 0 Å². The van der Waals surface area contributed by atoms with Crippen molar-refractivity contribution in [3.8, 4) is 0 Å². The van der Waals surface area contributed by atoms with Crippen molar-refractivity contribution in [1.29, 1.82) is 5.41 Å². The number of rotatable bonds is 12. The number of nitrogens with two attached hydrogens (primary N) is 1. The summed E-state index contributed by atoms with van der Waals surface area (Å²) in [4.78, 5) is 29.6. The van der Waals surface area contributed by atoms with E-state index in [0.29, 0.717) is 16.8 Å². The first-order valence-corrected chi connectivity index (χ1v) is 13.5.